The molecule has 1 fully saturated rings. The van der Waals surface area contributed by atoms with Gasteiger partial charge in [-0.05, 0) is 85.9 Å². The van der Waals surface area contributed by atoms with E-state index in [-0.39, 0.29) is 95.4 Å². The Morgan fingerprint density at radius 3 is 1.70 bits per heavy atom. The second kappa shape index (κ2) is 34.3. The van der Waals surface area contributed by atoms with Crippen molar-refractivity contribution in [2.24, 2.45) is 22.2 Å². The molecule has 0 bridgehead atoms. The molecule has 1 unspecified atom stereocenters. The average Bonchev–Trinajstić information content (AvgIpc) is 3.38. The van der Waals surface area contributed by atoms with Gasteiger partial charge in [-0.15, -0.1) is 0 Å². The molecule has 24 heteroatoms. The summed E-state index contributed by atoms with van der Waals surface area (Å²) in [5.74, 6) is -4.68. The van der Waals surface area contributed by atoms with Crippen molar-refractivity contribution in [3.63, 3.8) is 0 Å². The molecule has 0 spiro atoms. The Morgan fingerprint density at radius 1 is 0.584 bits per heavy atom. The second-order valence-corrected chi connectivity index (χ2v) is 18.9. The number of hydrogen-bond donors (Lipinski definition) is 11. The summed E-state index contributed by atoms with van der Waals surface area (Å²) in [6.07, 6.45) is 3.43. The average molecular weight is 1080 g/mol. The number of amides is 4. The lowest BCUT2D eigenvalue weighted by Gasteiger charge is -2.32. The maximum absolute atomic E-state index is 14.2. The molecule has 77 heavy (non-hydrogen) atoms. The van der Waals surface area contributed by atoms with Gasteiger partial charge in [0.25, 0.3) is 0 Å². The summed E-state index contributed by atoms with van der Waals surface area (Å²) >= 11 is 0. The zero-order valence-corrected chi connectivity index (χ0v) is 43.7. The molecule has 422 valence electrons. The number of carboxylic acids is 3. The van der Waals surface area contributed by atoms with Gasteiger partial charge in [-0.1, -0.05) is 54.6 Å². The first kappa shape index (κ1) is 62.2. The van der Waals surface area contributed by atoms with Gasteiger partial charge in [-0.2, -0.15) is 0 Å². The largest absolute Gasteiger partial charge is 0.508 e. The van der Waals surface area contributed by atoms with Crippen LogP contribution in [0.1, 0.15) is 67.6 Å². The molecule has 14 N–H and O–H groups in total. The zero-order chi connectivity index (χ0) is 56.0. The van der Waals surface area contributed by atoms with Crippen LogP contribution < -0.4 is 43.2 Å². The van der Waals surface area contributed by atoms with Gasteiger partial charge in [0.1, 0.15) is 17.5 Å². The summed E-state index contributed by atoms with van der Waals surface area (Å²) < 4.78 is 6.09. The van der Waals surface area contributed by atoms with Gasteiger partial charge in [0.05, 0.1) is 44.7 Å². The van der Waals surface area contributed by atoms with Gasteiger partial charge < -0.3 is 63.6 Å². The summed E-state index contributed by atoms with van der Waals surface area (Å²) in [7, 11) is 0. The zero-order valence-electron chi connectivity index (χ0n) is 43.7. The van der Waals surface area contributed by atoms with Crippen LogP contribution in [0.4, 0.5) is 0 Å². The van der Waals surface area contributed by atoms with E-state index >= 15 is 0 Å². The Morgan fingerprint density at radius 2 is 1.13 bits per heavy atom. The maximum atomic E-state index is 14.2. The molecule has 0 aliphatic carbocycles. The minimum absolute atomic E-state index is 0.000638. The number of aromatic hydroxyl groups is 1. The fraction of sp³-hybridized carbons (Fsp3) is 0.509. The Bertz CT molecular complexity index is 2330. The van der Waals surface area contributed by atoms with Crippen LogP contribution in [-0.4, -0.2) is 204 Å². The Kier molecular flexibility index (Phi) is 27.7. The van der Waals surface area contributed by atoms with E-state index in [4.69, 9.17) is 21.9 Å². The first-order chi connectivity index (χ1) is 36.9. The van der Waals surface area contributed by atoms with Gasteiger partial charge in [0, 0.05) is 78.5 Å². The van der Waals surface area contributed by atoms with E-state index in [1.807, 2.05) is 41.3 Å². The molecular formula is C53H78N12O12. The molecule has 1 saturated heterocycles. The number of nitrogens with zero attached hydrogens (tertiary/aromatic N) is 5. The normalized spacial score (nSPS) is 15.3. The molecule has 1 aliphatic heterocycles. The quantitative estimate of drug-likeness (QED) is 0.0225. The minimum atomic E-state index is -1.04. The van der Waals surface area contributed by atoms with E-state index < -0.39 is 47.7 Å². The number of guanidine groups is 1. The number of phenols is 1. The number of ether oxygens (including phenoxy) is 1. The van der Waals surface area contributed by atoms with Crippen molar-refractivity contribution in [3.8, 4) is 11.5 Å². The molecular weight excluding hydrogens is 997 g/mol. The lowest BCUT2D eigenvalue weighted by Crippen LogP contribution is -2.49. The van der Waals surface area contributed by atoms with Crippen LogP contribution in [0.3, 0.4) is 0 Å². The van der Waals surface area contributed by atoms with Crippen LogP contribution in [0.5, 0.6) is 11.5 Å². The second-order valence-electron chi connectivity index (χ2n) is 18.9. The smallest absolute Gasteiger partial charge is 0.317 e. The topological polar surface area (TPSA) is 361 Å². The predicted molar refractivity (Wildman–Crippen MR) is 288 cm³/mol. The van der Waals surface area contributed by atoms with E-state index in [2.05, 4.69) is 26.3 Å². The monoisotopic (exact) mass is 1070 g/mol. The van der Waals surface area contributed by atoms with Crippen LogP contribution in [-0.2, 0) is 40.1 Å². The van der Waals surface area contributed by atoms with Crippen molar-refractivity contribution in [3.05, 3.63) is 95.6 Å². The number of carbonyl (C=O) groups excluding carboxylic acids is 4. The summed E-state index contributed by atoms with van der Waals surface area (Å²) in [5, 5.41) is 49.6. The van der Waals surface area contributed by atoms with Crippen molar-refractivity contribution in [2.75, 3.05) is 105 Å². The number of nitrogens with one attached hydrogen (secondary N) is 4. The number of aliphatic imine (C=N–C) groups is 1. The number of carbonyl (C=O) groups is 7. The molecule has 3 aromatic rings. The van der Waals surface area contributed by atoms with Crippen LogP contribution in [0.15, 0.2) is 83.9 Å². The number of carboxylic acid groups (broad SMARTS) is 3. The number of phenolic OH excluding ortho intramolecular Hbond substituents is 1. The molecule has 0 saturated carbocycles. The molecule has 0 radical (unpaired) electrons. The molecule has 4 rings (SSSR count). The Labute approximate surface area is 449 Å². The van der Waals surface area contributed by atoms with Gasteiger partial charge in [-0.3, -0.25) is 58.2 Å². The summed E-state index contributed by atoms with van der Waals surface area (Å²) in [6, 6.07) is 21.2. The summed E-state index contributed by atoms with van der Waals surface area (Å²) in [4.78, 5) is 99.2. The molecule has 24 nitrogen and oxygen atoms in total. The Balaban J connectivity index is 1.20. The summed E-state index contributed by atoms with van der Waals surface area (Å²) in [6.45, 7) is 3.05. The number of benzene rings is 3. The highest BCUT2D eigenvalue weighted by atomic mass is 16.5. The van der Waals surface area contributed by atoms with E-state index in [0.717, 1.165) is 5.56 Å². The number of nitrogens with two attached hydrogens (primary N) is 3. The lowest BCUT2D eigenvalue weighted by molar-refractivity contribution is -0.140. The van der Waals surface area contributed by atoms with Crippen LogP contribution in [0.25, 0.3) is 0 Å². The van der Waals surface area contributed by atoms with Gasteiger partial charge in [0.15, 0.2) is 5.96 Å². The standard InChI is InChI=1S/C53H78N12O12/c54-43(14-4-5-20-57-45(67)34-62-23-25-63(35-46(68)69)27-29-65(37-48(72)73)30-28-64(26-24-62)36-47(70)71)50(74)58-21-6-7-31-77-42-13-8-12-40(32-42)49(39-10-2-1-3-11-39)52(76)61-44(15-9-22-59-53(55)56)51(75)60-33-38-16-18-41(66)19-17-38/h1-3,8,10-13,16-19,32,43-44,49,66H,4-7,9,14-15,20-31,33-37,54H2,(H,57,67)(H,58,74)(H,60,75)(H,61,76)(H,68,69)(H,70,71)(H,72,73)(H4,55,56,59)/t43-,44-,49?/m1/s1. The Hall–Kier alpha value is -7.38. The van der Waals surface area contributed by atoms with Crippen molar-refractivity contribution in [1.29, 1.82) is 0 Å². The van der Waals surface area contributed by atoms with Gasteiger partial charge >= 0.3 is 17.9 Å². The fourth-order valence-electron chi connectivity index (χ4n) is 8.53. The van der Waals surface area contributed by atoms with E-state index in [1.165, 1.54) is 12.1 Å². The molecule has 1 heterocycles. The van der Waals surface area contributed by atoms with Crippen LogP contribution in [0, 0.1) is 0 Å². The summed E-state index contributed by atoms with van der Waals surface area (Å²) in [5.41, 5.74) is 19.3. The highest BCUT2D eigenvalue weighted by Gasteiger charge is 2.29. The number of hydrogen-bond acceptors (Lipinski definition) is 15. The predicted octanol–water partition coefficient (Wildman–Crippen LogP) is -0.257. The molecule has 3 atom stereocenters. The number of unbranched alkanes of at least 4 members (excludes halogenated alkanes) is 2. The van der Waals surface area contributed by atoms with Crippen molar-refractivity contribution >= 4 is 47.5 Å². The highest BCUT2D eigenvalue weighted by molar-refractivity contribution is 5.92. The van der Waals surface area contributed by atoms with Gasteiger partial charge in [0.2, 0.25) is 23.6 Å². The minimum Gasteiger partial charge on any atom is -0.508 e. The third kappa shape index (κ3) is 25.3. The maximum Gasteiger partial charge on any atom is 0.317 e. The first-order valence-corrected chi connectivity index (χ1v) is 26.0. The number of aliphatic carboxylic acids is 3. The first-order valence-electron chi connectivity index (χ1n) is 26.0. The van der Waals surface area contributed by atoms with E-state index in [1.54, 1.807) is 45.0 Å². The highest BCUT2D eigenvalue weighted by Crippen LogP contribution is 2.28. The van der Waals surface area contributed by atoms with E-state index in [9.17, 15) is 54.0 Å². The third-order valence-corrected chi connectivity index (χ3v) is 12.7. The SMILES string of the molecule is NC(N)=NCCC[C@@H](NC(=O)C(c1ccccc1)c1cccc(OCCCCNC(=O)[C@H](N)CCCCNC(=O)CN2CCN(CC(=O)O)CCN(CC(=O)O)CCN(CC(=O)O)CC2)c1)C(=O)NCc1ccc(O)cc1. The van der Waals surface area contributed by atoms with Crippen LogP contribution in [0.2, 0.25) is 0 Å². The molecule has 4 amide bonds. The van der Waals surface area contributed by atoms with Crippen molar-refractivity contribution in [2.45, 2.75) is 69.5 Å². The number of rotatable bonds is 31. The molecule has 1 aliphatic rings. The van der Waals surface area contributed by atoms with E-state index in [0.29, 0.717) is 101 Å². The van der Waals surface area contributed by atoms with Crippen LogP contribution >= 0.6 is 0 Å². The fourth-order valence-corrected chi connectivity index (χ4v) is 8.53. The third-order valence-electron chi connectivity index (χ3n) is 12.7. The van der Waals surface area contributed by atoms with Crippen molar-refractivity contribution < 1.29 is 58.7 Å². The molecule has 0 aromatic heterocycles. The van der Waals surface area contributed by atoms with Crippen molar-refractivity contribution in [1.82, 2.24) is 40.9 Å². The molecule has 3 aromatic carbocycles. The van der Waals surface area contributed by atoms with Gasteiger partial charge in [-0.25, -0.2) is 0 Å². The lowest BCUT2D eigenvalue weighted by atomic mass is 9.90.